The van der Waals surface area contributed by atoms with Crippen LogP contribution in [0.1, 0.15) is 91.9 Å². The van der Waals surface area contributed by atoms with E-state index in [0.717, 1.165) is 12.8 Å². The fourth-order valence-electron chi connectivity index (χ4n) is 3.45. The highest BCUT2D eigenvalue weighted by Gasteiger charge is 2.42. The fourth-order valence-corrected chi connectivity index (χ4v) is 3.45. The molecule has 0 heterocycles. The third-order valence-electron chi connectivity index (χ3n) is 5.58. The predicted molar refractivity (Wildman–Crippen MR) is 79.7 cm³/mol. The summed E-state index contributed by atoms with van der Waals surface area (Å²) in [6, 6.07) is 0. The Morgan fingerprint density at radius 2 is 1.67 bits per heavy atom. The van der Waals surface area contributed by atoms with E-state index in [-0.39, 0.29) is 6.10 Å². The van der Waals surface area contributed by atoms with Gasteiger partial charge in [0.2, 0.25) is 0 Å². The SMILES string of the molecule is CCCCCC(O)CCC1(C)CCCCC1(C)C. The van der Waals surface area contributed by atoms with Gasteiger partial charge in [-0.3, -0.25) is 0 Å². The minimum Gasteiger partial charge on any atom is -0.393 e. The normalized spacial score (nSPS) is 29.2. The summed E-state index contributed by atoms with van der Waals surface area (Å²) in [5.41, 5.74) is 0.894. The van der Waals surface area contributed by atoms with E-state index in [4.69, 9.17) is 0 Å². The predicted octanol–water partition coefficient (Wildman–Crippen LogP) is 5.31. The second kappa shape index (κ2) is 6.93. The summed E-state index contributed by atoms with van der Waals surface area (Å²) in [4.78, 5) is 0. The van der Waals surface area contributed by atoms with Crippen LogP contribution in [-0.2, 0) is 0 Å². The highest BCUT2D eigenvalue weighted by Crippen LogP contribution is 2.52. The molecule has 0 aromatic carbocycles. The van der Waals surface area contributed by atoms with E-state index in [9.17, 15) is 5.11 Å². The molecule has 1 aliphatic rings. The van der Waals surface area contributed by atoms with Crippen molar-refractivity contribution in [3.8, 4) is 0 Å². The maximum Gasteiger partial charge on any atom is 0.0540 e. The fraction of sp³-hybridized carbons (Fsp3) is 1.00. The molecule has 1 aliphatic carbocycles. The zero-order valence-electron chi connectivity index (χ0n) is 13.1. The number of unbranched alkanes of at least 4 members (excludes halogenated alkanes) is 2. The van der Waals surface area contributed by atoms with Gasteiger partial charge >= 0.3 is 0 Å². The van der Waals surface area contributed by atoms with Crippen LogP contribution in [0.2, 0.25) is 0 Å². The number of hydrogen-bond acceptors (Lipinski definition) is 1. The number of rotatable bonds is 7. The standard InChI is InChI=1S/C17H34O/c1-5-6-7-10-15(18)11-14-17(4)13-9-8-12-16(17,2)3/h15,18H,5-14H2,1-4H3. The van der Waals surface area contributed by atoms with Crippen LogP contribution < -0.4 is 0 Å². The Balaban J connectivity index is 2.36. The smallest absolute Gasteiger partial charge is 0.0540 e. The molecule has 18 heavy (non-hydrogen) atoms. The Hall–Kier alpha value is -0.0400. The van der Waals surface area contributed by atoms with Crippen LogP contribution in [0.15, 0.2) is 0 Å². The van der Waals surface area contributed by atoms with Crippen LogP contribution in [0, 0.1) is 10.8 Å². The molecule has 0 aliphatic heterocycles. The zero-order chi connectivity index (χ0) is 13.6. The highest BCUT2D eigenvalue weighted by molar-refractivity contribution is 4.92. The van der Waals surface area contributed by atoms with E-state index in [1.807, 2.05) is 0 Å². The van der Waals surface area contributed by atoms with Crippen LogP contribution >= 0.6 is 0 Å². The molecule has 1 nitrogen and oxygen atoms in total. The van der Waals surface area contributed by atoms with Crippen molar-refractivity contribution in [2.24, 2.45) is 10.8 Å². The van der Waals surface area contributed by atoms with Crippen molar-refractivity contribution in [3.05, 3.63) is 0 Å². The van der Waals surface area contributed by atoms with Crippen LogP contribution in [0.3, 0.4) is 0 Å². The van der Waals surface area contributed by atoms with Gasteiger partial charge in [0.1, 0.15) is 0 Å². The first-order valence-corrected chi connectivity index (χ1v) is 8.09. The summed E-state index contributed by atoms with van der Waals surface area (Å²) in [5, 5.41) is 10.1. The Kier molecular flexibility index (Phi) is 6.17. The number of hydrogen-bond donors (Lipinski definition) is 1. The molecule has 0 spiro atoms. The molecule has 1 heteroatoms. The largest absolute Gasteiger partial charge is 0.393 e. The van der Waals surface area contributed by atoms with Gasteiger partial charge in [-0.05, 0) is 42.9 Å². The van der Waals surface area contributed by atoms with E-state index >= 15 is 0 Å². The quantitative estimate of drug-likeness (QED) is 0.610. The van der Waals surface area contributed by atoms with Gasteiger partial charge in [-0.15, -0.1) is 0 Å². The minimum atomic E-state index is -0.0638. The molecular formula is C17H34O. The lowest BCUT2D eigenvalue weighted by atomic mass is 9.57. The van der Waals surface area contributed by atoms with Gasteiger partial charge in [0.15, 0.2) is 0 Å². The second-order valence-corrected chi connectivity index (χ2v) is 7.34. The Morgan fingerprint density at radius 3 is 2.28 bits per heavy atom. The molecule has 2 unspecified atom stereocenters. The van der Waals surface area contributed by atoms with Crippen LogP contribution in [0.25, 0.3) is 0 Å². The lowest BCUT2D eigenvalue weighted by Gasteiger charge is -2.49. The zero-order valence-corrected chi connectivity index (χ0v) is 13.1. The van der Waals surface area contributed by atoms with Crippen molar-refractivity contribution in [1.82, 2.24) is 0 Å². The van der Waals surface area contributed by atoms with E-state index < -0.39 is 0 Å². The molecule has 0 radical (unpaired) electrons. The molecule has 1 fully saturated rings. The average molecular weight is 254 g/mol. The van der Waals surface area contributed by atoms with E-state index in [0.29, 0.717) is 10.8 Å². The molecule has 108 valence electrons. The third kappa shape index (κ3) is 4.26. The van der Waals surface area contributed by atoms with Gasteiger partial charge in [-0.2, -0.15) is 0 Å². The lowest BCUT2D eigenvalue weighted by molar-refractivity contribution is 0.00920. The molecule has 1 N–H and O–H groups in total. The lowest BCUT2D eigenvalue weighted by Crippen LogP contribution is -2.38. The van der Waals surface area contributed by atoms with E-state index in [1.165, 1.54) is 51.4 Å². The summed E-state index contributed by atoms with van der Waals surface area (Å²) in [6.07, 6.45) is 12.3. The van der Waals surface area contributed by atoms with Gasteiger partial charge in [0.25, 0.3) is 0 Å². The van der Waals surface area contributed by atoms with Crippen LogP contribution in [0.5, 0.6) is 0 Å². The number of aliphatic hydroxyl groups excluding tert-OH is 1. The molecule has 1 saturated carbocycles. The van der Waals surface area contributed by atoms with Crippen molar-refractivity contribution in [3.63, 3.8) is 0 Å². The Labute approximate surface area is 114 Å². The molecule has 1 rings (SSSR count). The van der Waals surface area contributed by atoms with E-state index in [1.54, 1.807) is 0 Å². The summed E-state index contributed by atoms with van der Waals surface area (Å²) in [6.45, 7) is 9.52. The Bertz CT molecular complexity index is 234. The molecule has 0 aromatic heterocycles. The number of aliphatic hydroxyl groups is 1. The molecule has 2 atom stereocenters. The second-order valence-electron chi connectivity index (χ2n) is 7.34. The topological polar surface area (TPSA) is 20.2 Å². The van der Waals surface area contributed by atoms with Crippen molar-refractivity contribution >= 4 is 0 Å². The molecule has 0 saturated heterocycles. The first kappa shape index (κ1) is 16.0. The first-order valence-electron chi connectivity index (χ1n) is 8.09. The van der Waals surface area contributed by atoms with Gasteiger partial charge in [0.05, 0.1) is 6.10 Å². The maximum absolute atomic E-state index is 10.1. The molecule has 0 amide bonds. The van der Waals surface area contributed by atoms with E-state index in [2.05, 4.69) is 27.7 Å². The summed E-state index contributed by atoms with van der Waals surface area (Å²) in [5.74, 6) is 0. The van der Waals surface area contributed by atoms with Gasteiger partial charge in [0, 0.05) is 0 Å². The van der Waals surface area contributed by atoms with Gasteiger partial charge < -0.3 is 5.11 Å². The summed E-state index contributed by atoms with van der Waals surface area (Å²) in [7, 11) is 0. The summed E-state index contributed by atoms with van der Waals surface area (Å²) < 4.78 is 0. The minimum absolute atomic E-state index is 0.0638. The average Bonchev–Trinajstić information content (AvgIpc) is 2.31. The molecular weight excluding hydrogens is 220 g/mol. The van der Waals surface area contributed by atoms with Crippen molar-refractivity contribution in [2.75, 3.05) is 0 Å². The van der Waals surface area contributed by atoms with Crippen LogP contribution in [0.4, 0.5) is 0 Å². The van der Waals surface area contributed by atoms with Crippen molar-refractivity contribution in [2.45, 2.75) is 98.0 Å². The Morgan fingerprint density at radius 1 is 1.00 bits per heavy atom. The van der Waals surface area contributed by atoms with Gasteiger partial charge in [-0.25, -0.2) is 0 Å². The van der Waals surface area contributed by atoms with Crippen LogP contribution in [-0.4, -0.2) is 11.2 Å². The van der Waals surface area contributed by atoms with Gasteiger partial charge in [-0.1, -0.05) is 59.8 Å². The molecule has 0 bridgehead atoms. The first-order chi connectivity index (χ1) is 8.41. The highest BCUT2D eigenvalue weighted by atomic mass is 16.3. The molecule has 0 aromatic rings. The third-order valence-corrected chi connectivity index (χ3v) is 5.58. The maximum atomic E-state index is 10.1. The monoisotopic (exact) mass is 254 g/mol. The van der Waals surface area contributed by atoms with Crippen molar-refractivity contribution in [1.29, 1.82) is 0 Å². The van der Waals surface area contributed by atoms with Crippen molar-refractivity contribution < 1.29 is 5.11 Å². The summed E-state index contributed by atoms with van der Waals surface area (Å²) >= 11 is 0.